The van der Waals surface area contributed by atoms with Crippen LogP contribution in [0.5, 0.6) is 0 Å². The molecular weight excluding hydrogens is 671 g/mol. The van der Waals surface area contributed by atoms with Crippen LogP contribution in [0.15, 0.2) is 133 Å². The van der Waals surface area contributed by atoms with E-state index in [0.29, 0.717) is 0 Å². The normalized spacial score (nSPS) is 10.4. The maximum absolute atomic E-state index is 10.0. The summed E-state index contributed by atoms with van der Waals surface area (Å²) in [6.07, 6.45) is 3.01. The number of aromatic nitrogens is 1. The van der Waals surface area contributed by atoms with Crippen molar-refractivity contribution in [1.82, 2.24) is 4.98 Å². The van der Waals surface area contributed by atoms with E-state index in [1.807, 2.05) is 72.9 Å². The number of aliphatic hydroxyl groups is 1. The molecule has 1 aromatic heterocycles. The summed E-state index contributed by atoms with van der Waals surface area (Å²) in [5.41, 5.74) is 4.26. The topological polar surface area (TPSA) is 50.2 Å². The summed E-state index contributed by atoms with van der Waals surface area (Å²) in [4.78, 5) is 14.5. The van der Waals surface area contributed by atoms with E-state index in [9.17, 15) is 4.79 Å². The molecule has 3 nitrogen and oxygen atoms in total. The molecule has 4 heteroatoms. The van der Waals surface area contributed by atoms with Crippen LogP contribution in [0.1, 0.15) is 13.8 Å². The van der Waals surface area contributed by atoms with Crippen LogP contribution in [0.3, 0.4) is 0 Å². The Morgan fingerprint density at radius 1 is 0.675 bits per heavy atom. The summed E-state index contributed by atoms with van der Waals surface area (Å²) in [5.74, 6) is -0.0625. The molecule has 198 valence electrons. The van der Waals surface area contributed by atoms with E-state index in [-0.39, 0.29) is 31.6 Å². The van der Waals surface area contributed by atoms with E-state index in [1.54, 1.807) is 0 Å². The molecule has 0 saturated carbocycles. The van der Waals surface area contributed by atoms with E-state index >= 15 is 0 Å². The first kappa shape index (κ1) is 30.2. The van der Waals surface area contributed by atoms with E-state index < -0.39 is 0 Å². The largest absolute Gasteiger partial charge is 3.00 e. The van der Waals surface area contributed by atoms with Crippen molar-refractivity contribution in [3.8, 4) is 22.4 Å². The Kier molecular flexibility index (Phi) is 11.5. The Labute approximate surface area is 249 Å². The molecule has 0 aliphatic heterocycles. The quantitative estimate of drug-likeness (QED) is 0.114. The van der Waals surface area contributed by atoms with Crippen LogP contribution in [0.4, 0.5) is 0 Å². The number of pyridine rings is 1. The molecule has 6 aromatic rings. The molecule has 0 amide bonds. The zero-order chi connectivity index (χ0) is 27.5. The van der Waals surface area contributed by atoms with Gasteiger partial charge in [0.2, 0.25) is 0 Å². The molecule has 0 radical (unpaired) electrons. The van der Waals surface area contributed by atoms with Gasteiger partial charge in [0, 0.05) is 12.3 Å². The number of allylic oxidation sites excluding steroid dienone is 2. The predicted molar refractivity (Wildman–Crippen MR) is 160 cm³/mol. The Hall–Kier alpha value is -4.37. The molecule has 6 rings (SSSR count). The van der Waals surface area contributed by atoms with E-state index in [4.69, 9.17) is 5.11 Å². The Balaban J connectivity index is 0.000000177. The Bertz CT molecular complexity index is 1570. The maximum atomic E-state index is 10.0. The number of hydrogen-bond donors (Lipinski definition) is 1. The minimum absolute atomic E-state index is 0. The van der Waals surface area contributed by atoms with Crippen molar-refractivity contribution in [2.75, 3.05) is 0 Å². The number of nitrogens with zero attached hydrogens (tertiary/aromatic N) is 1. The number of ketones is 1. The van der Waals surface area contributed by atoms with Crippen LogP contribution in [0.2, 0.25) is 0 Å². The first-order chi connectivity index (χ1) is 19.0. The molecule has 5 aromatic carbocycles. The van der Waals surface area contributed by atoms with Gasteiger partial charge < -0.3 is 10.1 Å². The van der Waals surface area contributed by atoms with Crippen molar-refractivity contribution in [2.24, 2.45) is 0 Å². The SMILES string of the molecule is CC(=O)/C=C(/C)O.[Ir+3].[c-]1ccccc1-c1[c-]ccc2ccccc12.[c-]1ccccc1-c1nccc2ccccc12. The van der Waals surface area contributed by atoms with Gasteiger partial charge in [-0.05, 0) is 36.4 Å². The van der Waals surface area contributed by atoms with Crippen LogP contribution in [0.25, 0.3) is 43.9 Å². The molecule has 0 aliphatic rings. The fraction of sp³-hybridized carbons (Fsp3) is 0.0556. The van der Waals surface area contributed by atoms with Crippen molar-refractivity contribution < 1.29 is 30.0 Å². The molecule has 0 unspecified atom stereocenters. The average molecular weight is 699 g/mol. The van der Waals surface area contributed by atoms with Crippen molar-refractivity contribution in [2.45, 2.75) is 13.8 Å². The second-order valence-corrected chi connectivity index (χ2v) is 8.77. The summed E-state index contributed by atoms with van der Waals surface area (Å²) in [5, 5.41) is 13.2. The van der Waals surface area contributed by atoms with Gasteiger partial charge >= 0.3 is 20.1 Å². The van der Waals surface area contributed by atoms with Gasteiger partial charge in [-0.25, -0.2) is 11.1 Å². The third-order valence-electron chi connectivity index (χ3n) is 5.75. The second kappa shape index (κ2) is 15.3. The van der Waals surface area contributed by atoms with E-state index in [0.717, 1.165) is 22.4 Å². The smallest absolute Gasteiger partial charge is 0.512 e. The molecule has 0 aliphatic carbocycles. The number of hydrogen-bond acceptors (Lipinski definition) is 3. The summed E-state index contributed by atoms with van der Waals surface area (Å²) < 4.78 is 0. The van der Waals surface area contributed by atoms with Crippen molar-refractivity contribution in [1.29, 1.82) is 0 Å². The number of rotatable bonds is 3. The van der Waals surface area contributed by atoms with E-state index in [1.165, 1.54) is 41.5 Å². The second-order valence-electron chi connectivity index (χ2n) is 8.77. The van der Waals surface area contributed by atoms with Crippen molar-refractivity contribution >= 4 is 27.3 Å². The minimum atomic E-state index is -0.125. The zero-order valence-electron chi connectivity index (χ0n) is 22.3. The minimum Gasteiger partial charge on any atom is -0.512 e. The summed E-state index contributed by atoms with van der Waals surface area (Å²) in [7, 11) is 0. The van der Waals surface area contributed by atoms with E-state index in [2.05, 4.69) is 71.7 Å². The molecule has 0 bridgehead atoms. The van der Waals surface area contributed by atoms with Gasteiger partial charge in [-0.15, -0.1) is 64.9 Å². The van der Waals surface area contributed by atoms with Crippen molar-refractivity contribution in [3.63, 3.8) is 0 Å². The molecule has 0 fully saturated rings. The fourth-order valence-corrected chi connectivity index (χ4v) is 4.10. The van der Waals surface area contributed by atoms with Crippen LogP contribution in [-0.4, -0.2) is 15.9 Å². The molecule has 0 spiro atoms. The summed E-state index contributed by atoms with van der Waals surface area (Å²) >= 11 is 0. The van der Waals surface area contributed by atoms with Gasteiger partial charge in [0.15, 0.2) is 5.78 Å². The summed E-state index contributed by atoms with van der Waals surface area (Å²) in [6, 6.07) is 48.4. The maximum Gasteiger partial charge on any atom is 3.00 e. The number of carbonyl (C=O) groups is 1. The zero-order valence-corrected chi connectivity index (χ0v) is 24.7. The Morgan fingerprint density at radius 3 is 1.82 bits per heavy atom. The fourth-order valence-electron chi connectivity index (χ4n) is 4.10. The number of benzene rings is 5. The van der Waals surface area contributed by atoms with Crippen LogP contribution < -0.4 is 0 Å². The number of fused-ring (bicyclic) bond motifs is 2. The van der Waals surface area contributed by atoms with Gasteiger partial charge in [-0.2, -0.15) is 36.4 Å². The van der Waals surface area contributed by atoms with Crippen LogP contribution in [-0.2, 0) is 24.9 Å². The molecule has 40 heavy (non-hydrogen) atoms. The van der Waals surface area contributed by atoms with Crippen LogP contribution in [0, 0.1) is 18.2 Å². The Morgan fingerprint density at radius 2 is 1.25 bits per heavy atom. The number of carbonyl (C=O) groups excluding carboxylic acids is 1. The molecule has 1 heterocycles. The molecular formula is C36H28IrNO2. The molecule has 0 saturated heterocycles. The third-order valence-corrected chi connectivity index (χ3v) is 5.75. The van der Waals surface area contributed by atoms with Gasteiger partial charge in [-0.3, -0.25) is 4.79 Å². The monoisotopic (exact) mass is 699 g/mol. The predicted octanol–water partition coefficient (Wildman–Crippen LogP) is 8.84. The van der Waals surface area contributed by atoms with Crippen molar-refractivity contribution in [3.05, 3.63) is 151 Å². The number of aliphatic hydroxyl groups excluding tert-OH is 1. The average Bonchev–Trinajstić information content (AvgIpc) is 2.97. The van der Waals surface area contributed by atoms with Gasteiger partial charge in [-0.1, -0.05) is 42.5 Å². The van der Waals surface area contributed by atoms with Crippen LogP contribution >= 0.6 is 0 Å². The van der Waals surface area contributed by atoms with Gasteiger partial charge in [0.05, 0.1) is 5.76 Å². The first-order valence-electron chi connectivity index (χ1n) is 12.6. The third kappa shape index (κ3) is 8.31. The molecule has 1 N–H and O–H groups in total. The first-order valence-corrected chi connectivity index (χ1v) is 12.6. The van der Waals surface area contributed by atoms with Gasteiger partial charge in [0.1, 0.15) is 0 Å². The summed E-state index contributed by atoms with van der Waals surface area (Å²) in [6.45, 7) is 2.85. The molecule has 0 atom stereocenters. The standard InChI is InChI=1S/C16H10.C15H10N.C5H8O2.Ir/c1-2-7-13(8-3-1)16-12-6-10-14-9-4-5-11-15(14)16;1-2-7-13(8-3-1)15-14-9-5-4-6-12(14)10-11-16-15;1-4(6)3-5(2)7;/h2*1-7,9-11H;3,6H,1-2H3;/q-2;-1;;+3/b;;4-3-;. The van der Waals surface area contributed by atoms with Gasteiger partial charge in [0.25, 0.3) is 0 Å².